The number of nitrogens with two attached hydrogens (primary N) is 1. The summed E-state index contributed by atoms with van der Waals surface area (Å²) >= 11 is 0. The first-order chi connectivity index (χ1) is 16.7. The van der Waals surface area contributed by atoms with Crippen LogP contribution in [0.4, 0.5) is 34.8 Å². The highest BCUT2D eigenvalue weighted by atomic mass is 19.1. The van der Waals surface area contributed by atoms with E-state index in [0.29, 0.717) is 30.5 Å². The first-order valence-electron chi connectivity index (χ1n) is 11.1. The quantitative estimate of drug-likeness (QED) is 0.452. The first-order valence-corrected chi connectivity index (χ1v) is 11.1. The smallest absolute Gasteiger partial charge is 0.258 e. The number of rotatable bonds is 5. The second-order valence-corrected chi connectivity index (χ2v) is 8.68. The van der Waals surface area contributed by atoms with Gasteiger partial charge in [-0.25, -0.2) is 22.5 Å². The van der Waals surface area contributed by atoms with E-state index in [1.165, 1.54) is 6.20 Å². The van der Waals surface area contributed by atoms with Gasteiger partial charge >= 0.3 is 0 Å². The SMILES string of the molecule is CNc1cc(N2C[C@H](C)C[C@H](N)C2)c(NC(=O)c2ccc(F)c(-c3c(F)cccc3F)c2F)cn1. The second-order valence-electron chi connectivity index (χ2n) is 8.68. The van der Waals surface area contributed by atoms with Gasteiger partial charge in [-0.1, -0.05) is 13.0 Å². The van der Waals surface area contributed by atoms with E-state index in [2.05, 4.69) is 22.5 Å². The molecule has 3 aromatic rings. The Bertz CT molecular complexity index is 1240. The average molecular weight is 488 g/mol. The van der Waals surface area contributed by atoms with E-state index in [4.69, 9.17) is 5.73 Å². The van der Waals surface area contributed by atoms with E-state index in [0.717, 1.165) is 36.8 Å². The minimum absolute atomic E-state index is 0.0683. The van der Waals surface area contributed by atoms with Crippen molar-refractivity contribution in [1.29, 1.82) is 0 Å². The molecule has 1 aliphatic heterocycles. The molecule has 2 heterocycles. The van der Waals surface area contributed by atoms with Crippen LogP contribution in [-0.2, 0) is 0 Å². The summed E-state index contributed by atoms with van der Waals surface area (Å²) < 4.78 is 58.3. The van der Waals surface area contributed by atoms with Crippen LogP contribution in [0.2, 0.25) is 0 Å². The molecule has 0 bridgehead atoms. The number of aromatic nitrogens is 1. The number of carbonyl (C=O) groups is 1. The number of hydrogen-bond acceptors (Lipinski definition) is 5. The molecule has 0 spiro atoms. The third kappa shape index (κ3) is 4.93. The predicted octanol–water partition coefficient (Wildman–Crippen LogP) is 4.77. The zero-order valence-corrected chi connectivity index (χ0v) is 19.2. The molecule has 4 N–H and O–H groups in total. The predicted molar refractivity (Wildman–Crippen MR) is 127 cm³/mol. The third-order valence-electron chi connectivity index (χ3n) is 5.97. The van der Waals surface area contributed by atoms with E-state index in [1.54, 1.807) is 13.1 Å². The molecule has 10 heteroatoms. The van der Waals surface area contributed by atoms with Gasteiger partial charge in [0, 0.05) is 32.2 Å². The van der Waals surface area contributed by atoms with Crippen LogP contribution in [0.5, 0.6) is 0 Å². The van der Waals surface area contributed by atoms with Crippen molar-refractivity contribution in [3.05, 3.63) is 71.4 Å². The van der Waals surface area contributed by atoms with Crippen LogP contribution in [0, 0.1) is 29.2 Å². The molecule has 0 unspecified atom stereocenters. The molecule has 1 saturated heterocycles. The number of amides is 1. The number of anilines is 3. The van der Waals surface area contributed by atoms with Gasteiger partial charge in [-0.05, 0) is 36.6 Å². The maximum Gasteiger partial charge on any atom is 0.258 e. The largest absolute Gasteiger partial charge is 0.373 e. The van der Waals surface area contributed by atoms with Gasteiger partial charge < -0.3 is 21.3 Å². The molecule has 35 heavy (non-hydrogen) atoms. The lowest BCUT2D eigenvalue weighted by atomic mass is 9.96. The fraction of sp³-hybridized carbons (Fsp3) is 0.280. The fourth-order valence-corrected chi connectivity index (χ4v) is 4.42. The fourth-order valence-electron chi connectivity index (χ4n) is 4.42. The molecule has 184 valence electrons. The van der Waals surface area contributed by atoms with Gasteiger partial charge in [0.2, 0.25) is 0 Å². The number of pyridine rings is 1. The van der Waals surface area contributed by atoms with Crippen molar-refractivity contribution in [3.63, 3.8) is 0 Å². The number of nitrogens with one attached hydrogen (secondary N) is 2. The molecule has 0 radical (unpaired) electrons. The minimum atomic E-state index is -1.37. The van der Waals surface area contributed by atoms with Gasteiger partial charge in [-0.2, -0.15) is 0 Å². The summed E-state index contributed by atoms with van der Waals surface area (Å²) in [5.41, 5.74) is 4.70. The number of nitrogens with zero attached hydrogens (tertiary/aromatic N) is 2. The Hall–Kier alpha value is -3.66. The number of benzene rings is 2. The first kappa shape index (κ1) is 24.5. The van der Waals surface area contributed by atoms with Gasteiger partial charge in [0.15, 0.2) is 0 Å². The Kier molecular flexibility index (Phi) is 6.93. The standard InChI is InChI=1S/C25H25F4N5O/c1-13-8-14(30)12-34(11-13)20-9-21(31-2)32-10-19(20)33-25(35)15-6-7-18(28)23(24(15)29)22-16(26)4-3-5-17(22)27/h3-7,9-10,13-14H,8,11-12,30H2,1-2H3,(H,31,32)(H,33,35)/t13-,14+/m1/s1. The van der Waals surface area contributed by atoms with Crippen LogP contribution in [0.1, 0.15) is 23.7 Å². The molecule has 1 fully saturated rings. The third-order valence-corrected chi connectivity index (χ3v) is 5.97. The average Bonchev–Trinajstić information content (AvgIpc) is 2.80. The maximum atomic E-state index is 15.3. The van der Waals surface area contributed by atoms with Gasteiger partial charge in [-0.15, -0.1) is 0 Å². The highest BCUT2D eigenvalue weighted by Gasteiger charge is 2.27. The lowest BCUT2D eigenvalue weighted by molar-refractivity contribution is 0.102. The Balaban J connectivity index is 1.72. The molecule has 1 aliphatic rings. The normalized spacial score (nSPS) is 17.9. The van der Waals surface area contributed by atoms with E-state index < -0.39 is 45.9 Å². The topological polar surface area (TPSA) is 83.3 Å². The van der Waals surface area contributed by atoms with Crippen LogP contribution >= 0.6 is 0 Å². The molecular formula is C25H25F4N5O. The number of carbonyl (C=O) groups excluding carboxylic acids is 1. The van der Waals surface area contributed by atoms with Crippen LogP contribution in [0.15, 0.2) is 42.6 Å². The zero-order valence-electron chi connectivity index (χ0n) is 19.2. The summed E-state index contributed by atoms with van der Waals surface area (Å²) in [7, 11) is 1.70. The van der Waals surface area contributed by atoms with Crippen molar-refractivity contribution < 1.29 is 22.4 Å². The minimum Gasteiger partial charge on any atom is -0.373 e. The van der Waals surface area contributed by atoms with Crippen molar-refractivity contribution in [1.82, 2.24) is 4.98 Å². The number of halogens is 4. The lowest BCUT2D eigenvalue weighted by Crippen LogP contribution is -2.46. The van der Waals surface area contributed by atoms with Crippen molar-refractivity contribution in [3.8, 4) is 11.1 Å². The van der Waals surface area contributed by atoms with Gasteiger partial charge in [0.1, 0.15) is 29.1 Å². The number of piperidine rings is 1. The van der Waals surface area contributed by atoms with Crippen LogP contribution in [0.3, 0.4) is 0 Å². The summed E-state index contributed by atoms with van der Waals surface area (Å²) in [5, 5.41) is 5.55. The van der Waals surface area contributed by atoms with Gasteiger partial charge in [0.05, 0.1) is 34.3 Å². The molecule has 0 aliphatic carbocycles. The molecule has 2 aromatic carbocycles. The highest BCUT2D eigenvalue weighted by molar-refractivity contribution is 6.07. The zero-order chi connectivity index (χ0) is 25.3. The molecular weight excluding hydrogens is 462 g/mol. The Morgan fingerprint density at radius 3 is 2.40 bits per heavy atom. The maximum absolute atomic E-state index is 15.3. The van der Waals surface area contributed by atoms with Gasteiger partial charge in [-0.3, -0.25) is 4.79 Å². The Labute approximate surface area is 200 Å². The molecule has 4 rings (SSSR count). The van der Waals surface area contributed by atoms with E-state index in [1.807, 2.05) is 4.90 Å². The molecule has 0 saturated carbocycles. The summed E-state index contributed by atoms with van der Waals surface area (Å²) in [4.78, 5) is 19.3. The molecule has 2 atom stereocenters. The lowest BCUT2D eigenvalue weighted by Gasteiger charge is -2.37. The Morgan fingerprint density at radius 2 is 1.74 bits per heavy atom. The Morgan fingerprint density at radius 1 is 1.06 bits per heavy atom. The van der Waals surface area contributed by atoms with E-state index >= 15 is 4.39 Å². The van der Waals surface area contributed by atoms with Crippen molar-refractivity contribution in [2.75, 3.05) is 35.7 Å². The number of hydrogen-bond donors (Lipinski definition) is 3. The summed E-state index contributed by atoms with van der Waals surface area (Å²) in [6.07, 6.45) is 2.28. The van der Waals surface area contributed by atoms with Crippen LogP contribution in [-0.4, -0.2) is 37.1 Å². The second kappa shape index (κ2) is 9.91. The summed E-state index contributed by atoms with van der Waals surface area (Å²) in [6.45, 7) is 3.30. The molecule has 1 aromatic heterocycles. The van der Waals surface area contributed by atoms with Crippen LogP contribution in [0.25, 0.3) is 11.1 Å². The summed E-state index contributed by atoms with van der Waals surface area (Å²) in [6, 6.07) is 6.25. The van der Waals surface area contributed by atoms with Crippen molar-refractivity contribution in [2.45, 2.75) is 19.4 Å². The summed E-state index contributed by atoms with van der Waals surface area (Å²) in [5.74, 6) is -4.93. The van der Waals surface area contributed by atoms with E-state index in [-0.39, 0.29) is 11.7 Å². The molecule has 1 amide bonds. The van der Waals surface area contributed by atoms with Crippen LogP contribution < -0.4 is 21.3 Å². The molecule has 6 nitrogen and oxygen atoms in total. The monoisotopic (exact) mass is 487 g/mol. The highest BCUT2D eigenvalue weighted by Crippen LogP contribution is 2.34. The van der Waals surface area contributed by atoms with Crippen molar-refractivity contribution >= 4 is 23.1 Å². The van der Waals surface area contributed by atoms with Crippen molar-refractivity contribution in [2.24, 2.45) is 11.7 Å². The van der Waals surface area contributed by atoms with Gasteiger partial charge in [0.25, 0.3) is 5.91 Å². The van der Waals surface area contributed by atoms with E-state index in [9.17, 15) is 18.0 Å².